The fraction of sp³-hybridized carbons (Fsp3) is 0.458. The maximum Gasteiger partial charge on any atom is 0.345 e. The van der Waals surface area contributed by atoms with Gasteiger partial charge < -0.3 is 14.7 Å². The number of ether oxygens (including phenoxy) is 1. The number of thiophene rings is 1. The molecule has 1 saturated carbocycles. The molecule has 0 radical (unpaired) electrons. The molecule has 2 aromatic rings. The maximum atomic E-state index is 11.1. The highest BCUT2D eigenvalue weighted by atomic mass is 32.1. The SMILES string of the molecule is C=C([C@H]1CCCO1)N1CCC2(CC1)C[C@H]2c1ccc(-c2ccc(C(=O)O)s2)cc1. The molecule has 0 bridgehead atoms. The van der Waals surface area contributed by atoms with Crippen LogP contribution in [0.1, 0.15) is 53.3 Å². The van der Waals surface area contributed by atoms with Gasteiger partial charge in [0.15, 0.2) is 0 Å². The van der Waals surface area contributed by atoms with Gasteiger partial charge in [-0.1, -0.05) is 30.8 Å². The van der Waals surface area contributed by atoms with Gasteiger partial charge in [0.1, 0.15) is 4.88 Å². The van der Waals surface area contributed by atoms with Crippen molar-refractivity contribution in [3.05, 3.63) is 59.1 Å². The topological polar surface area (TPSA) is 49.8 Å². The zero-order valence-electron chi connectivity index (χ0n) is 16.6. The Kier molecular flexibility index (Phi) is 4.75. The fourth-order valence-corrected chi connectivity index (χ4v) is 5.99. The minimum absolute atomic E-state index is 0.241. The highest BCUT2D eigenvalue weighted by molar-refractivity contribution is 7.17. The summed E-state index contributed by atoms with van der Waals surface area (Å²) in [6, 6.07) is 12.4. The molecule has 1 aliphatic carbocycles. The van der Waals surface area contributed by atoms with Crippen molar-refractivity contribution in [2.45, 2.75) is 44.1 Å². The lowest BCUT2D eigenvalue weighted by Crippen LogP contribution is -2.37. The fourth-order valence-electron chi connectivity index (χ4n) is 5.14. The molecule has 152 valence electrons. The third kappa shape index (κ3) is 3.51. The van der Waals surface area contributed by atoms with Gasteiger partial charge in [-0.15, -0.1) is 11.3 Å². The maximum absolute atomic E-state index is 11.1. The van der Waals surface area contributed by atoms with E-state index in [9.17, 15) is 4.79 Å². The number of benzene rings is 1. The minimum atomic E-state index is -0.855. The average molecular weight is 410 g/mol. The summed E-state index contributed by atoms with van der Waals surface area (Å²) in [5.41, 5.74) is 4.18. The first-order valence-corrected chi connectivity index (χ1v) is 11.4. The Morgan fingerprint density at radius 1 is 1.17 bits per heavy atom. The van der Waals surface area contributed by atoms with E-state index < -0.39 is 5.97 Å². The molecule has 29 heavy (non-hydrogen) atoms. The molecule has 2 atom stereocenters. The molecule has 5 heteroatoms. The normalized spacial score (nSPS) is 25.3. The van der Waals surface area contributed by atoms with E-state index in [1.54, 1.807) is 6.07 Å². The lowest BCUT2D eigenvalue weighted by molar-refractivity contribution is 0.0702. The number of rotatable bonds is 5. The molecule has 0 unspecified atom stereocenters. The predicted molar refractivity (Wildman–Crippen MR) is 115 cm³/mol. The molecule has 1 N–H and O–H groups in total. The third-order valence-electron chi connectivity index (χ3n) is 7.07. The largest absolute Gasteiger partial charge is 0.477 e. The van der Waals surface area contributed by atoms with Gasteiger partial charge in [0.05, 0.1) is 6.10 Å². The van der Waals surface area contributed by atoms with Crippen LogP contribution in [0, 0.1) is 5.41 Å². The van der Waals surface area contributed by atoms with Crippen LogP contribution in [0.25, 0.3) is 10.4 Å². The van der Waals surface area contributed by atoms with Gasteiger partial charge in [0, 0.05) is 30.3 Å². The Bertz CT molecular complexity index is 918. The van der Waals surface area contributed by atoms with E-state index in [1.165, 1.54) is 41.9 Å². The van der Waals surface area contributed by atoms with Crippen LogP contribution in [0.2, 0.25) is 0 Å². The van der Waals surface area contributed by atoms with Crippen LogP contribution in [0.3, 0.4) is 0 Å². The van der Waals surface area contributed by atoms with Crippen LogP contribution in [-0.4, -0.2) is 41.8 Å². The highest BCUT2D eigenvalue weighted by Gasteiger charge is 2.55. The number of carboxylic acids is 1. The number of hydrogen-bond donors (Lipinski definition) is 1. The highest BCUT2D eigenvalue weighted by Crippen LogP contribution is 2.65. The zero-order chi connectivity index (χ0) is 20.0. The van der Waals surface area contributed by atoms with Crippen LogP contribution in [-0.2, 0) is 4.74 Å². The van der Waals surface area contributed by atoms with E-state index in [0.717, 1.165) is 43.0 Å². The summed E-state index contributed by atoms with van der Waals surface area (Å²) in [4.78, 5) is 15.0. The number of hydrogen-bond acceptors (Lipinski definition) is 4. The molecule has 2 saturated heterocycles. The monoisotopic (exact) mass is 409 g/mol. The van der Waals surface area contributed by atoms with E-state index in [0.29, 0.717) is 16.2 Å². The molecular weight excluding hydrogens is 382 g/mol. The van der Waals surface area contributed by atoms with Crippen molar-refractivity contribution in [1.82, 2.24) is 4.90 Å². The molecule has 3 fully saturated rings. The van der Waals surface area contributed by atoms with E-state index in [1.807, 2.05) is 6.07 Å². The van der Waals surface area contributed by atoms with Crippen molar-refractivity contribution < 1.29 is 14.6 Å². The Labute approximate surface area is 175 Å². The number of carboxylic acid groups (broad SMARTS) is 1. The second-order valence-electron chi connectivity index (χ2n) is 8.69. The summed E-state index contributed by atoms with van der Waals surface area (Å²) in [5, 5.41) is 9.12. The molecule has 4 nitrogen and oxygen atoms in total. The summed E-state index contributed by atoms with van der Waals surface area (Å²) < 4.78 is 5.82. The minimum Gasteiger partial charge on any atom is -0.477 e. The van der Waals surface area contributed by atoms with Crippen LogP contribution in [0.5, 0.6) is 0 Å². The molecule has 1 spiro atoms. The number of aromatic carboxylic acids is 1. The molecule has 3 aliphatic rings. The van der Waals surface area contributed by atoms with Crippen LogP contribution in [0.4, 0.5) is 0 Å². The van der Waals surface area contributed by atoms with Crippen LogP contribution < -0.4 is 0 Å². The smallest absolute Gasteiger partial charge is 0.345 e. The second-order valence-corrected chi connectivity index (χ2v) is 9.77. The molecular formula is C24H27NO3S. The quantitative estimate of drug-likeness (QED) is 0.721. The summed E-state index contributed by atoms with van der Waals surface area (Å²) in [7, 11) is 0. The standard InChI is InChI=1S/C24H27NO3S/c1-16(20-3-2-14-28-20)25-12-10-24(11-13-25)15-19(24)17-4-6-18(7-5-17)21-8-9-22(29-21)23(26)27/h4-9,19-20H,1-3,10-15H2,(H,26,27)/t19-,20+/m0/s1. The lowest BCUT2D eigenvalue weighted by Gasteiger charge is -2.37. The second kappa shape index (κ2) is 7.29. The van der Waals surface area contributed by atoms with Gasteiger partial charge in [-0.25, -0.2) is 4.79 Å². The van der Waals surface area contributed by atoms with Crippen molar-refractivity contribution in [1.29, 1.82) is 0 Å². The molecule has 1 aromatic carbocycles. The zero-order valence-corrected chi connectivity index (χ0v) is 17.4. The van der Waals surface area contributed by atoms with Gasteiger partial charge in [-0.05, 0) is 66.7 Å². The van der Waals surface area contributed by atoms with Crippen LogP contribution >= 0.6 is 11.3 Å². The van der Waals surface area contributed by atoms with E-state index >= 15 is 0 Å². The molecule has 5 rings (SSSR count). The Morgan fingerprint density at radius 3 is 2.55 bits per heavy atom. The Balaban J connectivity index is 1.21. The van der Waals surface area contributed by atoms with Gasteiger partial charge in [-0.3, -0.25) is 0 Å². The van der Waals surface area contributed by atoms with Crippen molar-refractivity contribution in [3.63, 3.8) is 0 Å². The van der Waals surface area contributed by atoms with E-state index in [-0.39, 0.29) is 6.10 Å². The summed E-state index contributed by atoms with van der Waals surface area (Å²) >= 11 is 1.34. The number of nitrogens with zero attached hydrogens (tertiary/aromatic N) is 1. The molecule has 3 heterocycles. The number of likely N-dealkylation sites (tertiary alicyclic amines) is 1. The van der Waals surface area contributed by atoms with Crippen molar-refractivity contribution in [3.8, 4) is 10.4 Å². The van der Waals surface area contributed by atoms with Crippen LogP contribution in [0.15, 0.2) is 48.7 Å². The Morgan fingerprint density at radius 2 is 1.93 bits per heavy atom. The summed E-state index contributed by atoms with van der Waals surface area (Å²) in [6.45, 7) is 7.39. The molecule has 1 aromatic heterocycles. The van der Waals surface area contributed by atoms with Gasteiger partial charge in [0.25, 0.3) is 0 Å². The number of piperidine rings is 1. The molecule has 2 aliphatic heterocycles. The van der Waals surface area contributed by atoms with Crippen molar-refractivity contribution in [2.75, 3.05) is 19.7 Å². The first-order chi connectivity index (χ1) is 14.1. The van der Waals surface area contributed by atoms with Gasteiger partial charge >= 0.3 is 5.97 Å². The predicted octanol–water partition coefficient (Wildman–Crippen LogP) is 5.38. The van der Waals surface area contributed by atoms with E-state index in [2.05, 4.69) is 35.7 Å². The summed E-state index contributed by atoms with van der Waals surface area (Å²) in [6.07, 6.45) is 6.27. The molecule has 0 amide bonds. The van der Waals surface area contributed by atoms with Crippen molar-refractivity contribution in [2.24, 2.45) is 5.41 Å². The first-order valence-electron chi connectivity index (χ1n) is 10.5. The average Bonchev–Trinajstić information content (AvgIpc) is 3.17. The Hall–Kier alpha value is -2.11. The lowest BCUT2D eigenvalue weighted by atomic mass is 9.88. The van der Waals surface area contributed by atoms with Gasteiger partial charge in [0.2, 0.25) is 0 Å². The summed E-state index contributed by atoms with van der Waals surface area (Å²) in [5.74, 6) is -0.195. The van der Waals surface area contributed by atoms with E-state index in [4.69, 9.17) is 9.84 Å². The number of carbonyl (C=O) groups is 1. The first kappa shape index (κ1) is 18.9. The van der Waals surface area contributed by atoms with Crippen molar-refractivity contribution >= 4 is 17.3 Å². The van der Waals surface area contributed by atoms with Gasteiger partial charge in [-0.2, -0.15) is 0 Å². The third-order valence-corrected chi connectivity index (χ3v) is 8.19.